The van der Waals surface area contributed by atoms with E-state index in [0.29, 0.717) is 43.5 Å². The molecule has 10 heterocycles. The third kappa shape index (κ3) is 20.0. The predicted molar refractivity (Wildman–Crippen MR) is 475 cm³/mol. The van der Waals surface area contributed by atoms with Crippen molar-refractivity contribution in [1.29, 1.82) is 0 Å². The van der Waals surface area contributed by atoms with Gasteiger partial charge in [0.2, 0.25) is 23.6 Å². The zero-order chi connectivity index (χ0) is 89.0. The number of unbranched alkanes of at least 4 members (excludes halogenated alkanes) is 3. The minimum atomic E-state index is -1.09. The van der Waals surface area contributed by atoms with Crippen LogP contribution in [0.15, 0.2) is 158 Å². The van der Waals surface area contributed by atoms with Crippen molar-refractivity contribution >= 4 is 92.8 Å². The van der Waals surface area contributed by atoms with Gasteiger partial charge in [0.1, 0.15) is 82.3 Å². The fourth-order valence-electron chi connectivity index (χ4n) is 18.8. The van der Waals surface area contributed by atoms with Gasteiger partial charge in [0.25, 0.3) is 35.4 Å². The average Bonchev–Trinajstić information content (AvgIpc) is 1.62. The molecule has 10 amide bonds. The standard InChI is InChI=1S/C48H54N10O7.C46H50N10O8/c49-44-42-43(31-13-19-35(20-14-31)65-34-9-4-3-5-10-34)54-58(45(42)52-30-51-44)33-17-15-32(16-18-33)56-27-25-55(26-28-56)24-7-2-1-6-23-50-40(60)29-64-38-12-8-11-36-41(38)48(63)57(47(36)62)37-21-22-39(59)53-46(37)61;47-42-40-41(29-9-15-33(16-10-29)64-32-5-2-1-3-6-32)52-56(43(40)50-28-49-42)31-13-11-30(12-14-31)54-22-20-53(21-23-54)24-26-62-25-19-48-38(58)27-63-36-8-4-7-34-39(36)46(61)55(45(34)60)35-17-18-37(57)51-44(35)59/h3-5,8-14,19-20,30,32-33,37H,1-2,6-7,15-18,21-29H2,(H,50,60)(H2,49,51,52)(H,53,59,61);1-10,15-16,28,30-31,35H,11-14,17-27H2,(H,48,58)(H2,47,49,50)(H,51,57,59). The van der Waals surface area contributed by atoms with E-state index in [-0.39, 0.29) is 97.2 Å². The number of fused-ring (bicyclic) bond motifs is 4. The number of para-hydroxylation sites is 2. The van der Waals surface area contributed by atoms with Gasteiger partial charge in [-0.1, -0.05) is 61.4 Å². The maximum atomic E-state index is 13.3. The van der Waals surface area contributed by atoms with E-state index in [1.807, 2.05) is 109 Å². The van der Waals surface area contributed by atoms with Crippen molar-refractivity contribution in [1.82, 2.24) is 90.2 Å². The second-order valence-corrected chi connectivity index (χ2v) is 33.6. The summed E-state index contributed by atoms with van der Waals surface area (Å²) in [6.45, 7) is 11.0. The van der Waals surface area contributed by atoms with Gasteiger partial charge in [-0.15, -0.1) is 0 Å². The van der Waals surface area contributed by atoms with E-state index < -0.39 is 65.2 Å². The van der Waals surface area contributed by atoms with Crippen LogP contribution >= 0.6 is 0 Å². The Kier molecular flexibility index (Phi) is 27.3. The molecule has 0 radical (unpaired) electrons. The molecule has 4 aromatic heterocycles. The summed E-state index contributed by atoms with van der Waals surface area (Å²) in [5, 5.41) is 21.8. The number of nitrogens with one attached hydrogen (secondary N) is 4. The van der Waals surface area contributed by atoms with E-state index in [4.69, 9.17) is 45.3 Å². The Labute approximate surface area is 743 Å². The monoisotopic (exact) mass is 1750 g/mol. The molecule has 4 saturated heterocycles. The van der Waals surface area contributed by atoms with E-state index in [0.717, 1.165) is 220 Å². The number of benzene rings is 6. The molecule has 0 spiro atoms. The van der Waals surface area contributed by atoms with Crippen LogP contribution in [-0.4, -0.2) is 257 Å². The highest BCUT2D eigenvalue weighted by Gasteiger charge is 2.48. The summed E-state index contributed by atoms with van der Waals surface area (Å²) in [5.41, 5.74) is 18.0. The lowest BCUT2D eigenvalue weighted by molar-refractivity contribution is -0.137. The largest absolute Gasteiger partial charge is 0.483 e. The van der Waals surface area contributed by atoms with Crippen LogP contribution in [0.25, 0.3) is 44.6 Å². The number of carbonyl (C=O) groups excluding carboxylic acids is 10. The molecular weight excluding hydrogens is 1650 g/mol. The first kappa shape index (κ1) is 87.6. The zero-order valence-corrected chi connectivity index (χ0v) is 71.6. The van der Waals surface area contributed by atoms with Gasteiger partial charge in [0.15, 0.2) is 24.5 Å². The Hall–Kier alpha value is -13.5. The van der Waals surface area contributed by atoms with Crippen molar-refractivity contribution in [2.24, 2.45) is 0 Å². The lowest BCUT2D eigenvalue weighted by atomic mass is 9.90. The van der Waals surface area contributed by atoms with Crippen LogP contribution in [0.2, 0.25) is 0 Å². The van der Waals surface area contributed by atoms with E-state index in [2.05, 4.69) is 70.2 Å². The summed E-state index contributed by atoms with van der Waals surface area (Å²) in [4.78, 5) is 156. The van der Waals surface area contributed by atoms with E-state index in [1.165, 1.54) is 36.9 Å². The van der Waals surface area contributed by atoms with Crippen LogP contribution in [0.5, 0.6) is 34.5 Å². The first-order valence-electron chi connectivity index (χ1n) is 44.6. The maximum Gasteiger partial charge on any atom is 0.266 e. The van der Waals surface area contributed by atoms with Gasteiger partial charge in [0, 0.05) is 108 Å². The topological polar surface area (TPSA) is 424 Å². The molecular formula is C94H104N20O15. The number of ether oxygens (including phenoxy) is 5. The van der Waals surface area contributed by atoms with Crippen LogP contribution < -0.4 is 51.7 Å². The van der Waals surface area contributed by atoms with E-state index in [1.54, 1.807) is 12.1 Å². The Balaban J connectivity index is 0.000000181. The van der Waals surface area contributed by atoms with Crippen LogP contribution in [-0.2, 0) is 33.5 Å². The first-order valence-corrected chi connectivity index (χ1v) is 44.6. The van der Waals surface area contributed by atoms with Crippen molar-refractivity contribution in [2.45, 2.75) is 139 Å². The molecule has 10 aromatic rings. The second kappa shape index (κ2) is 40.2. The summed E-state index contributed by atoms with van der Waals surface area (Å²) in [7, 11) is 0. The Morgan fingerprint density at radius 1 is 0.411 bits per heavy atom. The number of piperazine rings is 2. The molecule has 129 heavy (non-hydrogen) atoms. The molecule has 2 aliphatic carbocycles. The SMILES string of the molecule is Nc1ncnc2c1c(-c1ccc(Oc3ccccc3)cc1)nn2C1CCC(N2CCN(CCCCCCNC(=O)COc3cccc4c3C(=O)N(C3CCC(=O)NC3=O)C4=O)CC2)CC1.Nc1ncnc2c1c(-c1ccc(Oc3ccccc3)cc1)nn2C1CCC(N2CCN(CCOCCNC(=O)COc3cccc4c3C(=O)N(C3CCC(=O)NC3=O)C4=O)CC2)CC1. The van der Waals surface area contributed by atoms with Crippen LogP contribution in [0.3, 0.4) is 0 Å². The number of carbonyl (C=O) groups is 10. The highest BCUT2D eigenvalue weighted by atomic mass is 16.5. The number of nitrogens with two attached hydrogens (primary N) is 2. The van der Waals surface area contributed by atoms with Crippen molar-refractivity contribution in [3.63, 3.8) is 0 Å². The highest BCUT2D eigenvalue weighted by molar-refractivity contribution is 6.25. The summed E-state index contributed by atoms with van der Waals surface area (Å²) < 4.78 is 33.4. The number of piperidine rings is 2. The number of amides is 10. The number of nitrogen functional groups attached to an aromatic ring is 2. The number of hydrogen-bond donors (Lipinski definition) is 6. The Bertz CT molecular complexity index is 5790. The average molecular weight is 1750 g/mol. The molecule has 6 aliphatic heterocycles. The molecule has 0 bridgehead atoms. The van der Waals surface area contributed by atoms with Gasteiger partial charge < -0.3 is 50.7 Å². The number of hydrogen-bond acceptors (Lipinski definition) is 27. The molecule has 6 fully saturated rings. The molecule has 2 unspecified atom stereocenters. The van der Waals surface area contributed by atoms with Crippen molar-refractivity contribution in [2.75, 3.05) is 116 Å². The fourth-order valence-corrected chi connectivity index (χ4v) is 18.8. The highest BCUT2D eigenvalue weighted by Crippen LogP contribution is 2.42. The van der Waals surface area contributed by atoms with Crippen molar-refractivity contribution in [3.05, 3.63) is 181 Å². The molecule has 8 aliphatic rings. The lowest BCUT2D eigenvalue weighted by Crippen LogP contribution is -2.54. The summed E-state index contributed by atoms with van der Waals surface area (Å²) >= 11 is 0. The van der Waals surface area contributed by atoms with E-state index >= 15 is 0 Å². The third-order valence-electron chi connectivity index (χ3n) is 25.5. The molecule has 2 saturated carbocycles. The van der Waals surface area contributed by atoms with Gasteiger partial charge in [-0.05, 0) is 181 Å². The third-order valence-corrected chi connectivity index (χ3v) is 25.5. The first-order chi connectivity index (χ1) is 62.9. The maximum absolute atomic E-state index is 13.3. The van der Waals surface area contributed by atoms with Crippen LogP contribution in [0.4, 0.5) is 11.6 Å². The molecule has 670 valence electrons. The second-order valence-electron chi connectivity index (χ2n) is 33.6. The molecule has 8 N–H and O–H groups in total. The summed E-state index contributed by atoms with van der Waals surface area (Å²) in [5.74, 6) is -1.62. The van der Waals surface area contributed by atoms with Gasteiger partial charge in [-0.2, -0.15) is 10.2 Å². The molecule has 2 atom stereocenters. The lowest BCUT2D eigenvalue weighted by Gasteiger charge is -2.42. The summed E-state index contributed by atoms with van der Waals surface area (Å²) in [6, 6.07) is 43.6. The van der Waals surface area contributed by atoms with Crippen LogP contribution in [0.1, 0.15) is 156 Å². The molecule has 35 heteroatoms. The molecule has 18 rings (SSSR count). The van der Waals surface area contributed by atoms with Crippen molar-refractivity contribution in [3.8, 4) is 57.0 Å². The van der Waals surface area contributed by atoms with Crippen LogP contribution in [0, 0.1) is 0 Å². The Morgan fingerprint density at radius 2 is 0.822 bits per heavy atom. The number of rotatable bonds is 31. The smallest absolute Gasteiger partial charge is 0.266 e. The molecule has 35 nitrogen and oxygen atoms in total. The number of nitrogens with zero attached hydrogens (tertiary/aromatic N) is 14. The normalized spacial score (nSPS) is 20.6. The van der Waals surface area contributed by atoms with Gasteiger partial charge in [0.05, 0.1) is 58.3 Å². The van der Waals surface area contributed by atoms with E-state index in [9.17, 15) is 47.9 Å². The van der Waals surface area contributed by atoms with Gasteiger partial charge in [-0.25, -0.2) is 29.3 Å². The summed E-state index contributed by atoms with van der Waals surface area (Å²) in [6.07, 6.45) is 15.6. The van der Waals surface area contributed by atoms with Gasteiger partial charge in [-0.3, -0.25) is 83.1 Å². The zero-order valence-electron chi connectivity index (χ0n) is 71.6. The van der Waals surface area contributed by atoms with Gasteiger partial charge >= 0.3 is 0 Å². The fraction of sp³-hybridized carbons (Fsp3) is 0.404. The quantitative estimate of drug-likeness (QED) is 0.0175. The number of aromatic nitrogens is 8. The van der Waals surface area contributed by atoms with Crippen molar-refractivity contribution < 1.29 is 71.6 Å². The minimum Gasteiger partial charge on any atom is -0.483 e. The molecule has 6 aromatic carbocycles. The number of imide groups is 4. The predicted octanol–water partition coefficient (Wildman–Crippen LogP) is 8.71. The Morgan fingerprint density at radius 3 is 1.26 bits per heavy atom. The number of anilines is 2. The minimum absolute atomic E-state index is 0.00781.